The molecular formula is C14H15F2NO3. The predicted octanol–water partition coefficient (Wildman–Crippen LogP) is 2.79. The molecule has 0 heterocycles. The zero-order chi connectivity index (χ0) is 14.7. The number of carboxylic acid groups (broad SMARTS) is 1. The number of rotatable bonds is 3. The fourth-order valence-corrected chi connectivity index (χ4v) is 2.57. The summed E-state index contributed by atoms with van der Waals surface area (Å²) in [5, 5.41) is 11.3. The lowest BCUT2D eigenvalue weighted by atomic mass is 9.78. The van der Waals surface area contributed by atoms with E-state index in [0.717, 1.165) is 25.0 Å². The van der Waals surface area contributed by atoms with Gasteiger partial charge in [0.05, 0.1) is 11.8 Å². The van der Waals surface area contributed by atoms with Gasteiger partial charge in [-0.2, -0.15) is 0 Å². The van der Waals surface area contributed by atoms with Crippen LogP contribution in [0.5, 0.6) is 0 Å². The summed E-state index contributed by atoms with van der Waals surface area (Å²) in [4.78, 5) is 23.2. The lowest BCUT2D eigenvalue weighted by molar-refractivity contribution is -0.147. The number of anilines is 1. The van der Waals surface area contributed by atoms with Crippen LogP contribution in [0.3, 0.4) is 0 Å². The fourth-order valence-electron chi connectivity index (χ4n) is 2.57. The molecule has 1 saturated carbocycles. The van der Waals surface area contributed by atoms with Crippen LogP contribution in [-0.4, -0.2) is 17.0 Å². The van der Waals surface area contributed by atoms with Crippen molar-refractivity contribution in [2.45, 2.75) is 25.7 Å². The average molecular weight is 283 g/mol. The molecule has 2 rings (SSSR count). The SMILES string of the molecule is O=C(O)[C@@H]1CCCC[C@H]1C(=O)Nc1c(F)cccc1F. The van der Waals surface area contributed by atoms with E-state index in [1.54, 1.807) is 0 Å². The van der Waals surface area contributed by atoms with Gasteiger partial charge in [0.2, 0.25) is 5.91 Å². The van der Waals surface area contributed by atoms with Gasteiger partial charge < -0.3 is 10.4 Å². The van der Waals surface area contributed by atoms with Crippen LogP contribution in [-0.2, 0) is 9.59 Å². The molecule has 1 fully saturated rings. The summed E-state index contributed by atoms with van der Waals surface area (Å²) < 4.78 is 26.9. The predicted molar refractivity (Wildman–Crippen MR) is 68.1 cm³/mol. The number of amides is 1. The lowest BCUT2D eigenvalue weighted by Gasteiger charge is -2.27. The highest BCUT2D eigenvalue weighted by Gasteiger charge is 2.36. The highest BCUT2D eigenvalue weighted by molar-refractivity contribution is 5.95. The van der Waals surface area contributed by atoms with E-state index >= 15 is 0 Å². The molecule has 0 radical (unpaired) electrons. The van der Waals surface area contributed by atoms with E-state index in [-0.39, 0.29) is 0 Å². The van der Waals surface area contributed by atoms with Crippen molar-refractivity contribution in [2.75, 3.05) is 5.32 Å². The van der Waals surface area contributed by atoms with Crippen LogP contribution in [0.25, 0.3) is 0 Å². The van der Waals surface area contributed by atoms with Crippen molar-refractivity contribution in [1.29, 1.82) is 0 Å². The van der Waals surface area contributed by atoms with Gasteiger partial charge in [0.1, 0.15) is 17.3 Å². The van der Waals surface area contributed by atoms with Crippen molar-refractivity contribution >= 4 is 17.6 Å². The number of nitrogens with one attached hydrogen (secondary N) is 1. The molecule has 1 aliphatic rings. The molecule has 108 valence electrons. The van der Waals surface area contributed by atoms with Gasteiger partial charge in [0.25, 0.3) is 0 Å². The maximum absolute atomic E-state index is 13.5. The summed E-state index contributed by atoms with van der Waals surface area (Å²) >= 11 is 0. The van der Waals surface area contributed by atoms with Gasteiger partial charge in [-0.25, -0.2) is 8.78 Å². The van der Waals surface area contributed by atoms with Crippen LogP contribution in [0.2, 0.25) is 0 Å². The van der Waals surface area contributed by atoms with E-state index in [9.17, 15) is 18.4 Å². The zero-order valence-electron chi connectivity index (χ0n) is 10.7. The zero-order valence-corrected chi connectivity index (χ0v) is 10.7. The van der Waals surface area contributed by atoms with E-state index in [1.165, 1.54) is 6.07 Å². The second-order valence-electron chi connectivity index (χ2n) is 4.92. The number of carbonyl (C=O) groups is 2. The van der Waals surface area contributed by atoms with Crippen molar-refractivity contribution in [3.05, 3.63) is 29.8 Å². The van der Waals surface area contributed by atoms with Gasteiger partial charge in [-0.15, -0.1) is 0 Å². The first-order valence-electron chi connectivity index (χ1n) is 6.48. The van der Waals surface area contributed by atoms with Crippen LogP contribution in [0.4, 0.5) is 14.5 Å². The molecule has 1 amide bonds. The number of aliphatic carboxylic acids is 1. The Morgan fingerprint density at radius 1 is 1.10 bits per heavy atom. The van der Waals surface area contributed by atoms with Gasteiger partial charge in [-0.1, -0.05) is 18.9 Å². The molecule has 0 aliphatic heterocycles. The van der Waals surface area contributed by atoms with Crippen molar-refractivity contribution in [3.8, 4) is 0 Å². The van der Waals surface area contributed by atoms with Crippen LogP contribution >= 0.6 is 0 Å². The number of carboxylic acids is 1. The van der Waals surface area contributed by atoms with E-state index in [4.69, 9.17) is 5.11 Å². The second kappa shape index (κ2) is 5.98. The third kappa shape index (κ3) is 2.95. The second-order valence-corrected chi connectivity index (χ2v) is 4.92. The average Bonchev–Trinajstić information content (AvgIpc) is 2.43. The molecule has 0 spiro atoms. The maximum Gasteiger partial charge on any atom is 0.307 e. The number of benzene rings is 1. The molecule has 20 heavy (non-hydrogen) atoms. The minimum Gasteiger partial charge on any atom is -0.481 e. The monoisotopic (exact) mass is 283 g/mol. The van der Waals surface area contributed by atoms with E-state index in [2.05, 4.69) is 5.32 Å². The van der Waals surface area contributed by atoms with Crippen molar-refractivity contribution in [3.63, 3.8) is 0 Å². The number of hydrogen-bond acceptors (Lipinski definition) is 2. The minimum atomic E-state index is -1.04. The molecule has 4 nitrogen and oxygen atoms in total. The van der Waals surface area contributed by atoms with Gasteiger partial charge in [0.15, 0.2) is 0 Å². The van der Waals surface area contributed by atoms with Gasteiger partial charge in [0, 0.05) is 0 Å². The van der Waals surface area contributed by atoms with Crippen LogP contribution < -0.4 is 5.32 Å². The molecule has 6 heteroatoms. The summed E-state index contributed by atoms with van der Waals surface area (Å²) in [6.07, 6.45) is 2.31. The topological polar surface area (TPSA) is 66.4 Å². The van der Waals surface area contributed by atoms with Crippen LogP contribution in [0.15, 0.2) is 18.2 Å². The summed E-state index contributed by atoms with van der Waals surface area (Å²) in [6, 6.07) is 3.27. The first-order valence-corrected chi connectivity index (χ1v) is 6.48. The Hall–Kier alpha value is -1.98. The molecule has 2 atom stereocenters. The Labute approximate surface area is 114 Å². The number of para-hydroxylation sites is 1. The molecule has 1 aromatic rings. The molecule has 2 N–H and O–H groups in total. The molecule has 1 aliphatic carbocycles. The van der Waals surface area contributed by atoms with Crippen molar-refractivity contribution in [1.82, 2.24) is 0 Å². The van der Waals surface area contributed by atoms with E-state index in [1.807, 2.05) is 0 Å². The van der Waals surface area contributed by atoms with Gasteiger partial charge in [-0.05, 0) is 25.0 Å². The molecule has 0 saturated heterocycles. The van der Waals surface area contributed by atoms with E-state index in [0.29, 0.717) is 12.8 Å². The third-order valence-corrected chi connectivity index (χ3v) is 3.63. The van der Waals surface area contributed by atoms with Gasteiger partial charge in [-0.3, -0.25) is 9.59 Å². The largest absolute Gasteiger partial charge is 0.481 e. The quantitative estimate of drug-likeness (QED) is 0.896. The summed E-state index contributed by atoms with van der Waals surface area (Å²) in [6.45, 7) is 0. The van der Waals surface area contributed by atoms with Crippen molar-refractivity contribution < 1.29 is 23.5 Å². The highest BCUT2D eigenvalue weighted by atomic mass is 19.1. The third-order valence-electron chi connectivity index (χ3n) is 3.63. The Morgan fingerprint density at radius 2 is 1.65 bits per heavy atom. The van der Waals surface area contributed by atoms with Crippen molar-refractivity contribution in [2.24, 2.45) is 11.8 Å². The van der Waals surface area contributed by atoms with Gasteiger partial charge >= 0.3 is 5.97 Å². The number of halogens is 2. The first-order chi connectivity index (χ1) is 9.50. The fraction of sp³-hybridized carbons (Fsp3) is 0.429. The normalized spacial score (nSPS) is 22.3. The molecular weight excluding hydrogens is 268 g/mol. The molecule has 0 unspecified atom stereocenters. The van der Waals surface area contributed by atoms with Crippen LogP contribution in [0, 0.1) is 23.5 Å². The Morgan fingerprint density at radius 3 is 2.20 bits per heavy atom. The molecule has 0 bridgehead atoms. The summed E-state index contributed by atoms with van der Waals surface area (Å²) in [5.74, 6) is -4.97. The molecule has 1 aromatic carbocycles. The molecule has 0 aromatic heterocycles. The Balaban J connectivity index is 2.16. The highest BCUT2D eigenvalue weighted by Crippen LogP contribution is 2.31. The Kier molecular flexibility index (Phi) is 4.32. The maximum atomic E-state index is 13.5. The lowest BCUT2D eigenvalue weighted by Crippen LogP contribution is -2.36. The summed E-state index contributed by atoms with van der Waals surface area (Å²) in [5.41, 5.74) is -0.521. The number of hydrogen-bond donors (Lipinski definition) is 2. The number of carbonyl (C=O) groups excluding carboxylic acids is 1. The van der Waals surface area contributed by atoms with Crippen LogP contribution in [0.1, 0.15) is 25.7 Å². The summed E-state index contributed by atoms with van der Waals surface area (Å²) in [7, 11) is 0. The minimum absolute atomic E-state index is 0.410. The van der Waals surface area contributed by atoms with E-state index < -0.39 is 41.0 Å². The smallest absolute Gasteiger partial charge is 0.307 e. The standard InChI is InChI=1S/C14H15F2NO3/c15-10-6-3-7-11(16)12(10)17-13(18)8-4-1-2-5-9(8)14(19)20/h3,6-9H,1-2,4-5H2,(H,17,18)(H,19,20)/t8-,9-/m1/s1. The first kappa shape index (κ1) is 14.4. The Bertz CT molecular complexity index is 513.